The number of nitrogens with zero attached hydrogens (tertiary/aromatic N) is 2. The number of fused-ring (bicyclic) bond motifs is 1. The summed E-state index contributed by atoms with van der Waals surface area (Å²) >= 11 is 0. The summed E-state index contributed by atoms with van der Waals surface area (Å²) in [5.74, 6) is 0.603. The number of nitriles is 1. The first-order valence-electron chi connectivity index (χ1n) is 5.94. The van der Waals surface area contributed by atoms with Crippen LogP contribution in [0.2, 0.25) is 0 Å². The van der Waals surface area contributed by atoms with Crippen LogP contribution < -0.4 is 9.64 Å². The van der Waals surface area contributed by atoms with Gasteiger partial charge in [-0.1, -0.05) is 6.07 Å². The summed E-state index contributed by atoms with van der Waals surface area (Å²) in [5, 5.41) is 8.69. The fourth-order valence-corrected chi connectivity index (χ4v) is 2.06. The van der Waals surface area contributed by atoms with Gasteiger partial charge < -0.3 is 9.64 Å². The van der Waals surface area contributed by atoms with Crippen LogP contribution in [0.15, 0.2) is 18.2 Å². The van der Waals surface area contributed by atoms with E-state index in [1.807, 2.05) is 25.1 Å². The van der Waals surface area contributed by atoms with E-state index in [1.54, 1.807) is 18.7 Å². The molecule has 0 saturated carbocycles. The van der Waals surface area contributed by atoms with Crippen LogP contribution >= 0.6 is 0 Å². The van der Waals surface area contributed by atoms with Crippen molar-refractivity contribution in [2.75, 3.05) is 11.4 Å². The second-order valence-corrected chi connectivity index (χ2v) is 4.95. The molecule has 1 aromatic carbocycles. The molecule has 0 spiro atoms. The number of ether oxygens (including phenoxy) is 1. The molecule has 0 fully saturated rings. The Kier molecular flexibility index (Phi) is 3.00. The van der Waals surface area contributed by atoms with E-state index in [-0.39, 0.29) is 5.91 Å². The lowest BCUT2D eigenvalue weighted by molar-refractivity contribution is -0.132. The molecule has 4 heteroatoms. The van der Waals surface area contributed by atoms with E-state index in [9.17, 15) is 4.79 Å². The third-order valence-corrected chi connectivity index (χ3v) is 2.98. The van der Waals surface area contributed by atoms with Crippen molar-refractivity contribution < 1.29 is 9.53 Å². The normalized spacial score (nSPS) is 16.8. The maximum atomic E-state index is 12.3. The van der Waals surface area contributed by atoms with Gasteiger partial charge in [0, 0.05) is 6.54 Å². The number of anilines is 1. The van der Waals surface area contributed by atoms with Gasteiger partial charge in [-0.25, -0.2) is 0 Å². The van der Waals surface area contributed by atoms with Crippen molar-refractivity contribution in [3.05, 3.63) is 23.8 Å². The van der Waals surface area contributed by atoms with Gasteiger partial charge in [0.25, 0.3) is 5.91 Å². The number of rotatable bonds is 2. The van der Waals surface area contributed by atoms with E-state index in [4.69, 9.17) is 10.00 Å². The van der Waals surface area contributed by atoms with Crippen molar-refractivity contribution in [1.82, 2.24) is 0 Å². The molecule has 0 aromatic heterocycles. The molecule has 0 aliphatic carbocycles. The molecule has 0 bridgehead atoms. The Morgan fingerprint density at radius 1 is 1.44 bits per heavy atom. The number of carbonyl (C=O) groups excluding carboxylic acids is 1. The van der Waals surface area contributed by atoms with E-state index in [1.165, 1.54) is 0 Å². The maximum absolute atomic E-state index is 12.3. The zero-order chi connectivity index (χ0) is 13.3. The van der Waals surface area contributed by atoms with Gasteiger partial charge in [0.2, 0.25) is 0 Å². The summed E-state index contributed by atoms with van der Waals surface area (Å²) in [6.45, 7) is 5.88. The Morgan fingerprint density at radius 3 is 2.83 bits per heavy atom. The number of carbonyl (C=O) groups is 1. The largest absolute Gasteiger partial charge is 0.476 e. The topological polar surface area (TPSA) is 53.3 Å². The minimum absolute atomic E-state index is 0.103. The molecule has 18 heavy (non-hydrogen) atoms. The highest BCUT2D eigenvalue weighted by molar-refractivity contribution is 6.02. The van der Waals surface area contributed by atoms with Gasteiger partial charge in [-0.2, -0.15) is 5.26 Å². The monoisotopic (exact) mass is 244 g/mol. The maximum Gasteiger partial charge on any atom is 0.270 e. The zero-order valence-corrected chi connectivity index (χ0v) is 10.9. The summed E-state index contributed by atoms with van der Waals surface area (Å²) in [6, 6.07) is 7.80. The highest BCUT2D eigenvalue weighted by Crippen LogP contribution is 2.38. The second kappa shape index (κ2) is 4.34. The fourth-order valence-electron chi connectivity index (χ4n) is 2.06. The smallest absolute Gasteiger partial charge is 0.270 e. The van der Waals surface area contributed by atoms with Crippen LogP contribution in [0, 0.1) is 18.3 Å². The molecule has 0 saturated heterocycles. The minimum Gasteiger partial charge on any atom is -0.476 e. The van der Waals surface area contributed by atoms with E-state index in [0.717, 1.165) is 11.3 Å². The van der Waals surface area contributed by atoms with Gasteiger partial charge in [0.1, 0.15) is 5.75 Å². The molecule has 1 aromatic rings. The van der Waals surface area contributed by atoms with E-state index < -0.39 is 5.60 Å². The second-order valence-electron chi connectivity index (χ2n) is 4.95. The highest BCUT2D eigenvalue weighted by atomic mass is 16.5. The minimum atomic E-state index is -0.879. The molecule has 0 atom stereocenters. The zero-order valence-electron chi connectivity index (χ0n) is 10.9. The summed E-state index contributed by atoms with van der Waals surface area (Å²) in [6.07, 6.45) is 0.315. The molecule has 1 aliphatic rings. The van der Waals surface area contributed by atoms with Crippen LogP contribution in [-0.2, 0) is 4.79 Å². The van der Waals surface area contributed by atoms with Crippen LogP contribution in [0.4, 0.5) is 5.69 Å². The summed E-state index contributed by atoms with van der Waals surface area (Å²) in [5.41, 5.74) is 0.954. The number of hydrogen-bond donors (Lipinski definition) is 0. The highest BCUT2D eigenvalue weighted by Gasteiger charge is 2.40. The average Bonchev–Trinajstić information content (AvgIpc) is 2.29. The lowest BCUT2D eigenvalue weighted by Crippen LogP contribution is -2.52. The Hall–Kier alpha value is -2.02. The van der Waals surface area contributed by atoms with Crippen LogP contribution in [-0.4, -0.2) is 18.1 Å². The van der Waals surface area contributed by atoms with Crippen molar-refractivity contribution in [2.24, 2.45) is 0 Å². The van der Waals surface area contributed by atoms with Gasteiger partial charge in [-0.3, -0.25) is 4.79 Å². The molecule has 1 amide bonds. The van der Waals surface area contributed by atoms with Crippen LogP contribution in [0.3, 0.4) is 0 Å². The van der Waals surface area contributed by atoms with Crippen molar-refractivity contribution in [3.63, 3.8) is 0 Å². The summed E-state index contributed by atoms with van der Waals surface area (Å²) < 4.78 is 5.75. The molecular formula is C14H16N2O2. The summed E-state index contributed by atoms with van der Waals surface area (Å²) in [4.78, 5) is 13.9. The van der Waals surface area contributed by atoms with Gasteiger partial charge in [0.05, 0.1) is 18.2 Å². The molecule has 94 valence electrons. The van der Waals surface area contributed by atoms with Crippen molar-refractivity contribution in [1.29, 1.82) is 5.26 Å². The first kappa shape index (κ1) is 12.4. The Labute approximate surface area is 107 Å². The van der Waals surface area contributed by atoms with Crippen LogP contribution in [0.1, 0.15) is 25.8 Å². The third kappa shape index (κ3) is 2.04. The van der Waals surface area contributed by atoms with E-state index in [2.05, 4.69) is 6.07 Å². The lowest BCUT2D eigenvalue weighted by atomic mass is 10.0. The number of hydrogen-bond acceptors (Lipinski definition) is 3. The third-order valence-electron chi connectivity index (χ3n) is 2.98. The number of benzene rings is 1. The summed E-state index contributed by atoms with van der Waals surface area (Å²) in [7, 11) is 0. The molecule has 2 rings (SSSR count). The Morgan fingerprint density at radius 2 is 2.17 bits per heavy atom. The number of amides is 1. The molecular weight excluding hydrogens is 228 g/mol. The number of aryl methyl sites for hydroxylation is 1. The molecule has 1 heterocycles. The van der Waals surface area contributed by atoms with Crippen molar-refractivity contribution >= 4 is 11.6 Å². The van der Waals surface area contributed by atoms with Gasteiger partial charge >= 0.3 is 0 Å². The fraction of sp³-hybridized carbons (Fsp3) is 0.429. The predicted molar refractivity (Wildman–Crippen MR) is 68.5 cm³/mol. The van der Waals surface area contributed by atoms with Crippen molar-refractivity contribution in [2.45, 2.75) is 32.8 Å². The lowest BCUT2D eigenvalue weighted by Gasteiger charge is -2.38. The van der Waals surface area contributed by atoms with Crippen molar-refractivity contribution in [3.8, 4) is 11.8 Å². The quantitative estimate of drug-likeness (QED) is 0.802. The molecule has 1 aliphatic heterocycles. The van der Waals surface area contributed by atoms with E-state index in [0.29, 0.717) is 18.7 Å². The first-order valence-corrected chi connectivity index (χ1v) is 5.94. The van der Waals surface area contributed by atoms with Crippen LogP contribution in [0.25, 0.3) is 0 Å². The molecule has 0 unspecified atom stereocenters. The SMILES string of the molecule is Cc1ccc2c(c1)OC(C)(C)C(=O)N2CCC#N. The molecule has 0 radical (unpaired) electrons. The Balaban J connectivity index is 2.46. The van der Waals surface area contributed by atoms with Gasteiger partial charge in [-0.05, 0) is 38.5 Å². The predicted octanol–water partition coefficient (Wildman–Crippen LogP) is 2.41. The average molecular weight is 244 g/mol. The molecule has 0 N–H and O–H groups in total. The van der Waals surface area contributed by atoms with Gasteiger partial charge in [0.15, 0.2) is 5.60 Å². The van der Waals surface area contributed by atoms with Crippen LogP contribution in [0.5, 0.6) is 5.75 Å². The molecule has 4 nitrogen and oxygen atoms in total. The van der Waals surface area contributed by atoms with E-state index >= 15 is 0 Å². The van der Waals surface area contributed by atoms with Gasteiger partial charge in [-0.15, -0.1) is 0 Å². The standard InChI is InChI=1S/C14H16N2O2/c1-10-5-6-11-12(9-10)18-14(2,3)13(17)16(11)8-4-7-15/h5-6,9H,4,8H2,1-3H3. The Bertz CT molecular complexity index is 529. The first-order chi connectivity index (χ1) is 8.45.